The van der Waals surface area contributed by atoms with Gasteiger partial charge in [0.1, 0.15) is 30.4 Å². The van der Waals surface area contributed by atoms with Crippen LogP contribution in [0.5, 0.6) is 0 Å². The Kier molecular flexibility index (Phi) is 12.6. The van der Waals surface area contributed by atoms with Gasteiger partial charge in [-0.2, -0.15) is 0 Å². The van der Waals surface area contributed by atoms with E-state index in [2.05, 4.69) is 17.5 Å². The van der Waals surface area contributed by atoms with Crippen molar-refractivity contribution in [1.82, 2.24) is 0 Å². The summed E-state index contributed by atoms with van der Waals surface area (Å²) in [6.07, 6.45) is 0. The molecular weight excluding hydrogens is 501 g/mol. The molecule has 0 aromatic heterocycles. The number of hydrogen-bond acceptors (Lipinski definition) is 10. The van der Waals surface area contributed by atoms with Crippen LogP contribution in [0.3, 0.4) is 0 Å². The predicted octanol–water partition coefficient (Wildman–Crippen LogP) is -9.78. The van der Waals surface area contributed by atoms with Crippen molar-refractivity contribution in [3.63, 3.8) is 0 Å². The second-order valence-corrected chi connectivity index (χ2v) is 9.39. The number of nitrogens with one attached hydrogen (secondary N) is 1. The van der Waals surface area contributed by atoms with E-state index in [0.717, 1.165) is 0 Å². The summed E-state index contributed by atoms with van der Waals surface area (Å²) in [5.41, 5.74) is 4.80. The van der Waals surface area contributed by atoms with E-state index in [1.165, 1.54) is 0 Å². The van der Waals surface area contributed by atoms with Gasteiger partial charge < -0.3 is 24.7 Å². The summed E-state index contributed by atoms with van der Waals surface area (Å²) in [6, 6.07) is 2.23. The molecule has 0 unspecified atom stereocenters. The first-order chi connectivity index (χ1) is 11.6. The van der Waals surface area contributed by atoms with Gasteiger partial charge in [-0.15, -0.1) is 0 Å². The van der Waals surface area contributed by atoms with Crippen molar-refractivity contribution in [3.05, 3.63) is 24.3 Å². The van der Waals surface area contributed by atoms with Crippen LogP contribution in [0, 0.1) is 0 Å². The Morgan fingerprint density at radius 3 is 1.55 bits per heavy atom. The van der Waals surface area contributed by atoms with E-state index in [4.69, 9.17) is 5.73 Å². The van der Waals surface area contributed by atoms with Gasteiger partial charge in [-0.1, -0.05) is 0 Å². The molecule has 2 rings (SSSR count). The Bertz CT molecular complexity index is 1260. The first-order valence-corrected chi connectivity index (χ1v) is 10.8. The fourth-order valence-electron chi connectivity index (χ4n) is 2.14. The smallest absolute Gasteiger partial charge is 0.744 e. The van der Waals surface area contributed by atoms with E-state index < -0.39 is 66.6 Å². The molecule has 0 fully saturated rings. The Morgan fingerprint density at radius 2 is 1.21 bits per heavy atom. The van der Waals surface area contributed by atoms with E-state index in [1.807, 2.05) is 0 Å². The van der Waals surface area contributed by atoms with Crippen molar-refractivity contribution in [2.45, 2.75) is 14.7 Å². The number of hydrogen-bond donors (Lipinski definition) is 2. The molecule has 0 saturated carbocycles. The molecule has 2 aromatic rings. The Hall–Kier alpha value is 1.12. The molecule has 0 atom stereocenters. The minimum atomic E-state index is -5.32. The zero-order chi connectivity index (χ0) is 20.1. The van der Waals surface area contributed by atoms with Crippen molar-refractivity contribution >= 4 is 64.1 Å². The minimum absolute atomic E-state index is 0. The van der Waals surface area contributed by atoms with Gasteiger partial charge in [0.15, 0.2) is 5.11 Å². The zero-order valence-corrected chi connectivity index (χ0v) is 24.5. The molecule has 0 aliphatic carbocycles. The predicted molar refractivity (Wildman–Crippen MR) is 88.2 cm³/mol. The summed E-state index contributed by atoms with van der Waals surface area (Å²) < 4.78 is 102. The van der Waals surface area contributed by atoms with Crippen molar-refractivity contribution in [3.8, 4) is 0 Å². The van der Waals surface area contributed by atoms with Gasteiger partial charge >= 0.3 is 88.7 Å². The first-order valence-electron chi connectivity index (χ1n) is 6.16. The summed E-state index contributed by atoms with van der Waals surface area (Å²) in [6.45, 7) is 0. The molecule has 18 heteroatoms. The summed E-state index contributed by atoms with van der Waals surface area (Å²) in [7, 11) is -15.6. The third-order valence-corrected chi connectivity index (χ3v) is 5.65. The average molecular weight is 508 g/mol. The van der Waals surface area contributed by atoms with E-state index in [9.17, 15) is 38.9 Å². The van der Waals surface area contributed by atoms with Crippen LogP contribution in [0.4, 0.5) is 5.69 Å². The Morgan fingerprint density at radius 1 is 0.793 bits per heavy atom. The van der Waals surface area contributed by atoms with Gasteiger partial charge in [-0.25, -0.2) is 25.3 Å². The molecule has 0 spiro atoms. The molecule has 29 heavy (non-hydrogen) atoms. The van der Waals surface area contributed by atoms with Crippen LogP contribution in [-0.2, 0) is 30.4 Å². The van der Waals surface area contributed by atoms with Crippen LogP contribution >= 0.6 is 12.2 Å². The summed E-state index contributed by atoms with van der Waals surface area (Å²) in [4.78, 5) is -3.15. The van der Waals surface area contributed by atoms with Gasteiger partial charge in [-0.05, 0) is 41.9 Å². The fourth-order valence-corrected chi connectivity index (χ4v) is 4.14. The maximum absolute atomic E-state index is 11.5. The van der Waals surface area contributed by atoms with Crippen molar-refractivity contribution < 1.29 is 128 Å². The van der Waals surface area contributed by atoms with Crippen LogP contribution in [0.1, 0.15) is 0 Å². The Labute approximate surface area is 238 Å². The van der Waals surface area contributed by atoms with Crippen molar-refractivity contribution in [1.29, 1.82) is 0 Å². The van der Waals surface area contributed by atoms with E-state index >= 15 is 0 Å². The van der Waals surface area contributed by atoms with Gasteiger partial charge in [0.2, 0.25) is 0 Å². The molecule has 11 nitrogen and oxygen atoms in total. The molecular formula is C11H7N2Na3O9S4. The molecule has 0 radical (unpaired) electrons. The molecule has 2 aromatic carbocycles. The van der Waals surface area contributed by atoms with Gasteiger partial charge in [-0.3, -0.25) is 0 Å². The van der Waals surface area contributed by atoms with Crippen LogP contribution in [0.2, 0.25) is 0 Å². The molecule has 0 bridgehead atoms. The van der Waals surface area contributed by atoms with Gasteiger partial charge in [0, 0.05) is 5.39 Å². The maximum atomic E-state index is 11.5. The third-order valence-electron chi connectivity index (χ3n) is 3.06. The number of benzene rings is 2. The molecule has 0 saturated heterocycles. The number of rotatable bonds is 4. The van der Waals surface area contributed by atoms with Crippen LogP contribution in [0.25, 0.3) is 10.8 Å². The summed E-state index contributed by atoms with van der Waals surface area (Å²) in [5, 5.41) is 0.749. The Balaban J connectivity index is 0. The van der Waals surface area contributed by atoms with Crippen LogP contribution < -0.4 is 99.7 Å². The average Bonchev–Trinajstić information content (AvgIpc) is 2.42. The monoisotopic (exact) mass is 508 g/mol. The fraction of sp³-hybridized carbons (Fsp3) is 0. The molecule has 142 valence electrons. The molecule has 0 amide bonds. The first kappa shape index (κ1) is 32.3. The number of thiocarbonyl (C=S) groups is 1. The van der Waals surface area contributed by atoms with Gasteiger partial charge in [0.05, 0.1) is 20.4 Å². The molecule has 0 aliphatic heterocycles. The largest absolute Gasteiger partial charge is 1.00 e. The second-order valence-electron chi connectivity index (χ2n) is 4.84. The van der Waals surface area contributed by atoms with Crippen LogP contribution in [0.15, 0.2) is 39.0 Å². The van der Waals surface area contributed by atoms with E-state index in [-0.39, 0.29) is 88.7 Å². The van der Waals surface area contributed by atoms with Crippen molar-refractivity contribution in [2.75, 3.05) is 5.32 Å². The quantitative estimate of drug-likeness (QED) is 0.224. The maximum Gasteiger partial charge on any atom is 1.00 e. The van der Waals surface area contributed by atoms with E-state index in [1.54, 1.807) is 0 Å². The zero-order valence-electron chi connectivity index (χ0n) is 15.2. The minimum Gasteiger partial charge on any atom is -0.744 e. The molecule has 3 N–H and O–H groups in total. The number of nitrogens with two attached hydrogens (primary N) is 1. The van der Waals surface area contributed by atoms with Crippen molar-refractivity contribution in [2.24, 2.45) is 5.73 Å². The number of fused-ring (bicyclic) bond motifs is 1. The van der Waals surface area contributed by atoms with E-state index in [0.29, 0.717) is 24.3 Å². The normalized spacial score (nSPS) is 11.6. The topological polar surface area (TPSA) is 210 Å². The van der Waals surface area contributed by atoms with Gasteiger partial charge in [0.25, 0.3) is 0 Å². The van der Waals surface area contributed by atoms with Crippen LogP contribution in [-0.4, -0.2) is 44.0 Å². The second kappa shape index (κ2) is 11.3. The molecule has 0 heterocycles. The summed E-state index contributed by atoms with van der Waals surface area (Å²) >= 11 is 4.56. The summed E-state index contributed by atoms with van der Waals surface area (Å²) in [5.74, 6) is 0. The third kappa shape index (κ3) is 8.20. The standard InChI is InChI=1S/C11H10N2O9S4.3Na/c12-11(23)13-8-3-6(24(14,15)16)1-5-2-7(25(17,18)19)4-9(10(5)8)26(20,21)22;;;/h1-4H,(H3,12,13,23)(H,14,15,16)(H,17,18,19)(H,20,21,22);;;/q;3*+1/p-3. The SMILES string of the molecule is NC(=S)Nc1cc(S(=O)(=O)[O-])cc2cc(S(=O)(=O)[O-])cc(S(=O)(=O)[O-])c12.[Na+].[Na+].[Na+]. The number of anilines is 1. The molecule has 0 aliphatic rings.